The van der Waals surface area contributed by atoms with E-state index in [9.17, 15) is 8.42 Å². The quantitative estimate of drug-likeness (QED) is 0.861. The fourth-order valence-corrected chi connectivity index (χ4v) is 3.62. The number of hydrogen-bond donors (Lipinski definition) is 1. The molecule has 0 unspecified atom stereocenters. The number of hydrogen-bond acceptors (Lipinski definition) is 2. The van der Waals surface area contributed by atoms with Crippen LogP contribution < -0.4 is 4.31 Å². The first-order valence-corrected chi connectivity index (χ1v) is 8.29. The van der Waals surface area contributed by atoms with Crippen LogP contribution in [0.5, 0.6) is 0 Å². The number of rotatable bonds is 5. The Hall–Kier alpha value is -1.46. The molecule has 1 heterocycles. The van der Waals surface area contributed by atoms with Crippen molar-refractivity contribution in [1.29, 1.82) is 0 Å². The summed E-state index contributed by atoms with van der Waals surface area (Å²) in [7, 11) is -3.56. The molecule has 1 N–H and O–H groups in total. The molecule has 1 aromatic heterocycles. The van der Waals surface area contributed by atoms with Crippen molar-refractivity contribution in [3.8, 4) is 0 Å². The summed E-state index contributed by atoms with van der Waals surface area (Å²) in [6.07, 6.45) is 1.48. The van der Waals surface area contributed by atoms with Gasteiger partial charge in [0.25, 0.3) is 10.0 Å². The van der Waals surface area contributed by atoms with E-state index in [1.807, 2.05) is 38.1 Å². The largest absolute Gasteiger partial charge is 0.363 e. The number of halogens is 1. The van der Waals surface area contributed by atoms with Gasteiger partial charge in [0.1, 0.15) is 4.90 Å². The first-order chi connectivity index (χ1) is 9.48. The lowest BCUT2D eigenvalue weighted by Crippen LogP contribution is -2.30. The Morgan fingerprint density at radius 3 is 2.40 bits per heavy atom. The molecule has 2 rings (SSSR count). The van der Waals surface area contributed by atoms with Gasteiger partial charge in [-0.05, 0) is 32.0 Å². The third kappa shape index (κ3) is 2.83. The zero-order valence-corrected chi connectivity index (χ0v) is 13.0. The molecule has 4 nitrogen and oxygen atoms in total. The summed E-state index contributed by atoms with van der Waals surface area (Å²) >= 11 is 5.70. The van der Waals surface area contributed by atoms with E-state index in [1.165, 1.54) is 10.5 Å². The third-order valence-electron chi connectivity index (χ3n) is 3.06. The Morgan fingerprint density at radius 1 is 1.25 bits per heavy atom. The minimum absolute atomic E-state index is 0.232. The molecule has 0 saturated carbocycles. The second-order valence-electron chi connectivity index (χ2n) is 4.50. The third-order valence-corrected chi connectivity index (χ3v) is 5.23. The van der Waals surface area contributed by atoms with E-state index >= 15 is 0 Å². The summed E-state index contributed by atoms with van der Waals surface area (Å²) in [6, 6.07) is 8.99. The van der Waals surface area contributed by atoms with Gasteiger partial charge in [-0.2, -0.15) is 0 Å². The lowest BCUT2D eigenvalue weighted by atomic mass is 10.2. The van der Waals surface area contributed by atoms with Crippen LogP contribution in [0.2, 0.25) is 0 Å². The first-order valence-electron chi connectivity index (χ1n) is 6.31. The molecule has 108 valence electrons. The maximum atomic E-state index is 12.6. The molecule has 0 bridgehead atoms. The van der Waals surface area contributed by atoms with Crippen molar-refractivity contribution in [3.63, 3.8) is 0 Å². The van der Waals surface area contributed by atoms with Gasteiger partial charge in [0.05, 0.1) is 11.6 Å². The summed E-state index contributed by atoms with van der Waals surface area (Å²) in [5, 5.41) is 0. The number of anilines is 1. The Labute approximate surface area is 124 Å². The van der Waals surface area contributed by atoms with E-state index < -0.39 is 10.0 Å². The molecule has 6 heteroatoms. The summed E-state index contributed by atoms with van der Waals surface area (Å²) in [4.78, 5) is 3.10. The fraction of sp³-hybridized carbons (Fsp3) is 0.286. The first kappa shape index (κ1) is 14.9. The highest BCUT2D eigenvalue weighted by atomic mass is 35.5. The zero-order chi connectivity index (χ0) is 14.8. The second kappa shape index (κ2) is 5.89. The van der Waals surface area contributed by atoms with Gasteiger partial charge >= 0.3 is 0 Å². The second-order valence-corrected chi connectivity index (χ2v) is 6.63. The molecule has 0 spiro atoms. The predicted octanol–water partition coefficient (Wildman–Crippen LogP) is 3.28. The molecular weight excluding hydrogens is 296 g/mol. The molecule has 0 radical (unpaired) electrons. The van der Waals surface area contributed by atoms with E-state index in [2.05, 4.69) is 4.98 Å². The number of nitrogens with one attached hydrogen (secondary N) is 1. The molecule has 0 saturated heterocycles. The van der Waals surface area contributed by atoms with Gasteiger partial charge in [-0.15, -0.1) is 11.6 Å². The minimum Gasteiger partial charge on any atom is -0.363 e. The summed E-state index contributed by atoms with van der Waals surface area (Å²) in [5.74, 6) is 0.256. The fourth-order valence-electron chi connectivity index (χ4n) is 1.97. The summed E-state index contributed by atoms with van der Waals surface area (Å²) in [6.45, 7) is 4.15. The van der Waals surface area contributed by atoms with Crippen molar-refractivity contribution in [2.24, 2.45) is 0 Å². The van der Waals surface area contributed by atoms with Crippen LogP contribution in [-0.4, -0.2) is 19.9 Å². The minimum atomic E-state index is -3.56. The van der Waals surface area contributed by atoms with E-state index in [4.69, 9.17) is 11.6 Å². The molecule has 20 heavy (non-hydrogen) atoms. The average Bonchev–Trinajstić information content (AvgIpc) is 2.91. The summed E-state index contributed by atoms with van der Waals surface area (Å²) < 4.78 is 26.7. The van der Waals surface area contributed by atoms with Gasteiger partial charge in [0.2, 0.25) is 0 Å². The van der Waals surface area contributed by atoms with Crippen LogP contribution in [0.1, 0.15) is 18.2 Å². The van der Waals surface area contributed by atoms with Gasteiger partial charge in [-0.25, -0.2) is 8.42 Å². The van der Waals surface area contributed by atoms with Crippen LogP contribution in [-0.2, 0) is 15.9 Å². The topological polar surface area (TPSA) is 53.2 Å². The molecule has 2 aromatic rings. The van der Waals surface area contributed by atoms with Gasteiger partial charge in [-0.1, -0.05) is 17.7 Å². The number of benzene rings is 1. The number of nitrogens with zero attached hydrogens (tertiary/aromatic N) is 1. The Bertz CT molecular complexity index is 677. The SMILES string of the molecule is CCN(c1ccc(C)cc1)S(=O)(=O)c1c[nH]c(CCl)c1. The molecule has 0 aliphatic carbocycles. The van der Waals surface area contributed by atoms with Crippen molar-refractivity contribution in [2.45, 2.75) is 24.6 Å². The monoisotopic (exact) mass is 312 g/mol. The van der Waals surface area contributed by atoms with E-state index in [1.54, 1.807) is 6.07 Å². The average molecular weight is 313 g/mol. The van der Waals surface area contributed by atoms with Gasteiger partial charge in [0.15, 0.2) is 0 Å². The molecule has 0 aliphatic heterocycles. The number of alkyl halides is 1. The van der Waals surface area contributed by atoms with Crippen molar-refractivity contribution in [2.75, 3.05) is 10.8 Å². The lowest BCUT2D eigenvalue weighted by molar-refractivity contribution is 0.592. The van der Waals surface area contributed by atoms with E-state index in [-0.39, 0.29) is 10.8 Å². The Balaban J connectivity index is 2.41. The molecular formula is C14H17ClN2O2S. The molecule has 0 amide bonds. The van der Waals surface area contributed by atoms with E-state index in [0.717, 1.165) is 5.56 Å². The number of H-pyrrole nitrogens is 1. The lowest BCUT2D eigenvalue weighted by Gasteiger charge is -2.22. The predicted molar refractivity (Wildman–Crippen MR) is 81.7 cm³/mol. The standard InChI is InChI=1S/C14H17ClN2O2S/c1-3-17(13-6-4-11(2)5-7-13)20(18,19)14-8-12(9-15)16-10-14/h4-8,10,16H,3,9H2,1-2H3. The van der Waals surface area contributed by atoms with Crippen molar-refractivity contribution in [3.05, 3.63) is 47.8 Å². The van der Waals surface area contributed by atoms with Crippen LogP contribution in [0.3, 0.4) is 0 Å². The highest BCUT2D eigenvalue weighted by Gasteiger charge is 2.24. The molecule has 1 aromatic carbocycles. The highest BCUT2D eigenvalue weighted by Crippen LogP contribution is 2.24. The molecule has 0 fully saturated rings. The zero-order valence-electron chi connectivity index (χ0n) is 11.4. The maximum absolute atomic E-state index is 12.6. The van der Waals surface area contributed by atoms with Crippen molar-refractivity contribution in [1.82, 2.24) is 4.98 Å². The molecule has 0 atom stereocenters. The van der Waals surface area contributed by atoms with E-state index in [0.29, 0.717) is 17.9 Å². The molecule has 0 aliphatic rings. The number of aryl methyl sites for hydroxylation is 1. The van der Waals surface area contributed by atoms with Crippen LogP contribution in [0.15, 0.2) is 41.4 Å². The van der Waals surface area contributed by atoms with Crippen LogP contribution in [0.25, 0.3) is 0 Å². The summed E-state index contributed by atoms with van der Waals surface area (Å²) in [5.41, 5.74) is 2.44. The van der Waals surface area contributed by atoms with Gasteiger partial charge in [-0.3, -0.25) is 4.31 Å². The van der Waals surface area contributed by atoms with Crippen molar-refractivity contribution >= 4 is 27.3 Å². The van der Waals surface area contributed by atoms with Crippen LogP contribution in [0.4, 0.5) is 5.69 Å². The number of sulfonamides is 1. The van der Waals surface area contributed by atoms with Crippen LogP contribution >= 0.6 is 11.6 Å². The number of aromatic amines is 1. The van der Waals surface area contributed by atoms with Gasteiger partial charge in [0, 0.05) is 18.4 Å². The number of aromatic nitrogens is 1. The van der Waals surface area contributed by atoms with Crippen LogP contribution in [0, 0.1) is 6.92 Å². The normalized spacial score (nSPS) is 11.6. The smallest absolute Gasteiger partial charge is 0.265 e. The highest BCUT2D eigenvalue weighted by molar-refractivity contribution is 7.92. The van der Waals surface area contributed by atoms with Crippen molar-refractivity contribution < 1.29 is 8.42 Å². The Kier molecular flexibility index (Phi) is 4.40. The van der Waals surface area contributed by atoms with Gasteiger partial charge < -0.3 is 4.98 Å². The maximum Gasteiger partial charge on any atom is 0.265 e. The Morgan fingerprint density at radius 2 is 1.90 bits per heavy atom.